The maximum absolute atomic E-state index is 12.6. The molecule has 19 heavy (non-hydrogen) atoms. The van der Waals surface area contributed by atoms with Crippen LogP contribution in [-0.2, 0) is 9.59 Å². The van der Waals surface area contributed by atoms with Gasteiger partial charge < -0.3 is 9.80 Å². The number of piperidine rings is 1. The van der Waals surface area contributed by atoms with Crippen LogP contribution in [0.25, 0.3) is 0 Å². The SMILES string of the molecule is CC1CCN(C(=O)C(C)(C)C(=O)N2CCCC2)CC1. The van der Waals surface area contributed by atoms with E-state index in [-0.39, 0.29) is 11.8 Å². The number of hydrogen-bond donors (Lipinski definition) is 0. The molecule has 2 amide bonds. The summed E-state index contributed by atoms with van der Waals surface area (Å²) in [5, 5.41) is 0. The molecule has 2 fully saturated rings. The molecule has 4 nitrogen and oxygen atoms in total. The predicted molar refractivity (Wildman–Crippen MR) is 74.6 cm³/mol. The molecule has 2 aliphatic rings. The molecule has 0 N–H and O–H groups in total. The monoisotopic (exact) mass is 266 g/mol. The van der Waals surface area contributed by atoms with E-state index in [1.54, 1.807) is 13.8 Å². The van der Waals surface area contributed by atoms with E-state index >= 15 is 0 Å². The van der Waals surface area contributed by atoms with E-state index in [4.69, 9.17) is 0 Å². The van der Waals surface area contributed by atoms with E-state index in [2.05, 4.69) is 6.92 Å². The molecule has 2 heterocycles. The van der Waals surface area contributed by atoms with Crippen molar-refractivity contribution in [3.05, 3.63) is 0 Å². The molecule has 0 aromatic rings. The molecule has 0 spiro atoms. The molecule has 0 aromatic carbocycles. The Morgan fingerprint density at radius 3 is 1.79 bits per heavy atom. The van der Waals surface area contributed by atoms with Gasteiger partial charge in [-0.1, -0.05) is 6.92 Å². The topological polar surface area (TPSA) is 40.6 Å². The van der Waals surface area contributed by atoms with Gasteiger partial charge in [-0.15, -0.1) is 0 Å². The number of amides is 2. The van der Waals surface area contributed by atoms with Crippen molar-refractivity contribution in [2.24, 2.45) is 11.3 Å². The molecule has 2 rings (SSSR count). The van der Waals surface area contributed by atoms with Crippen LogP contribution in [0.5, 0.6) is 0 Å². The van der Waals surface area contributed by atoms with Crippen LogP contribution in [0, 0.1) is 11.3 Å². The first-order valence-corrected chi connectivity index (χ1v) is 7.51. The Bertz CT molecular complexity index is 351. The van der Waals surface area contributed by atoms with Gasteiger partial charge in [0, 0.05) is 26.2 Å². The van der Waals surface area contributed by atoms with Crippen molar-refractivity contribution in [2.45, 2.75) is 46.5 Å². The minimum atomic E-state index is -0.898. The van der Waals surface area contributed by atoms with Gasteiger partial charge >= 0.3 is 0 Å². The average molecular weight is 266 g/mol. The molecular weight excluding hydrogens is 240 g/mol. The summed E-state index contributed by atoms with van der Waals surface area (Å²) in [6.07, 6.45) is 4.24. The summed E-state index contributed by atoms with van der Waals surface area (Å²) in [6, 6.07) is 0. The number of carbonyl (C=O) groups is 2. The summed E-state index contributed by atoms with van der Waals surface area (Å²) in [5.74, 6) is 0.714. The molecule has 4 heteroatoms. The van der Waals surface area contributed by atoms with Gasteiger partial charge in [-0.3, -0.25) is 9.59 Å². The number of likely N-dealkylation sites (tertiary alicyclic amines) is 2. The molecule has 0 aromatic heterocycles. The molecule has 0 bridgehead atoms. The summed E-state index contributed by atoms with van der Waals surface area (Å²) in [7, 11) is 0. The zero-order valence-corrected chi connectivity index (χ0v) is 12.4. The Labute approximate surface area is 116 Å². The third-order valence-electron chi connectivity index (χ3n) is 4.53. The molecule has 0 unspecified atom stereocenters. The largest absolute Gasteiger partial charge is 0.342 e. The van der Waals surface area contributed by atoms with Gasteiger partial charge in [0.15, 0.2) is 0 Å². The lowest BCUT2D eigenvalue weighted by atomic mass is 9.88. The van der Waals surface area contributed by atoms with Crippen LogP contribution in [-0.4, -0.2) is 47.8 Å². The first-order valence-electron chi connectivity index (χ1n) is 7.51. The highest BCUT2D eigenvalue weighted by molar-refractivity contribution is 6.04. The Hall–Kier alpha value is -1.06. The van der Waals surface area contributed by atoms with Gasteiger partial charge in [-0.25, -0.2) is 0 Å². The summed E-state index contributed by atoms with van der Waals surface area (Å²) in [6.45, 7) is 9.02. The zero-order valence-electron chi connectivity index (χ0n) is 12.4. The molecule has 0 aliphatic carbocycles. The van der Waals surface area contributed by atoms with E-state index in [1.165, 1.54) is 0 Å². The van der Waals surface area contributed by atoms with Gasteiger partial charge in [-0.05, 0) is 45.4 Å². The van der Waals surface area contributed by atoms with Crippen molar-refractivity contribution < 1.29 is 9.59 Å². The van der Waals surface area contributed by atoms with Crippen molar-refractivity contribution in [3.63, 3.8) is 0 Å². The second kappa shape index (κ2) is 5.51. The molecule has 0 saturated carbocycles. The van der Waals surface area contributed by atoms with E-state index in [1.807, 2.05) is 9.80 Å². The Morgan fingerprint density at radius 2 is 1.32 bits per heavy atom. The van der Waals surface area contributed by atoms with Crippen LogP contribution in [0.15, 0.2) is 0 Å². The smallest absolute Gasteiger partial charge is 0.237 e. The third-order valence-corrected chi connectivity index (χ3v) is 4.53. The fraction of sp³-hybridized carbons (Fsp3) is 0.867. The fourth-order valence-corrected chi connectivity index (χ4v) is 3.01. The summed E-state index contributed by atoms with van der Waals surface area (Å²) in [4.78, 5) is 28.8. The Morgan fingerprint density at radius 1 is 0.895 bits per heavy atom. The highest BCUT2D eigenvalue weighted by atomic mass is 16.2. The molecule has 108 valence electrons. The zero-order chi connectivity index (χ0) is 14.0. The lowest BCUT2D eigenvalue weighted by Gasteiger charge is -2.37. The van der Waals surface area contributed by atoms with E-state index in [0.29, 0.717) is 5.92 Å². The maximum atomic E-state index is 12.6. The van der Waals surface area contributed by atoms with Crippen molar-refractivity contribution in [1.29, 1.82) is 0 Å². The first-order chi connectivity index (χ1) is 8.93. The number of rotatable bonds is 2. The predicted octanol–water partition coefficient (Wildman–Crippen LogP) is 1.89. The minimum Gasteiger partial charge on any atom is -0.342 e. The quantitative estimate of drug-likeness (QED) is 0.716. The molecule has 2 saturated heterocycles. The highest BCUT2D eigenvalue weighted by Crippen LogP contribution is 2.27. The van der Waals surface area contributed by atoms with Crippen LogP contribution in [0.2, 0.25) is 0 Å². The van der Waals surface area contributed by atoms with Crippen molar-refractivity contribution in [2.75, 3.05) is 26.2 Å². The molecule has 0 radical (unpaired) electrons. The Balaban J connectivity index is 2.01. The van der Waals surface area contributed by atoms with Crippen LogP contribution >= 0.6 is 0 Å². The normalized spacial score (nSPS) is 21.8. The highest BCUT2D eigenvalue weighted by Gasteiger charge is 2.42. The van der Waals surface area contributed by atoms with Crippen LogP contribution in [0.4, 0.5) is 0 Å². The van der Waals surface area contributed by atoms with Crippen LogP contribution in [0.1, 0.15) is 46.5 Å². The third kappa shape index (κ3) is 2.93. The second-order valence-electron chi connectivity index (χ2n) is 6.60. The average Bonchev–Trinajstić information content (AvgIpc) is 2.91. The van der Waals surface area contributed by atoms with Crippen LogP contribution < -0.4 is 0 Å². The Kier molecular flexibility index (Phi) is 4.16. The summed E-state index contributed by atoms with van der Waals surface area (Å²) >= 11 is 0. The fourth-order valence-electron chi connectivity index (χ4n) is 3.01. The van der Waals surface area contributed by atoms with Crippen molar-refractivity contribution >= 4 is 11.8 Å². The lowest BCUT2D eigenvalue weighted by Crippen LogP contribution is -2.52. The van der Waals surface area contributed by atoms with Gasteiger partial charge in [0.1, 0.15) is 5.41 Å². The summed E-state index contributed by atoms with van der Waals surface area (Å²) in [5.41, 5.74) is -0.898. The maximum Gasteiger partial charge on any atom is 0.237 e. The van der Waals surface area contributed by atoms with Gasteiger partial charge in [0.25, 0.3) is 0 Å². The van der Waals surface area contributed by atoms with E-state index < -0.39 is 5.41 Å². The van der Waals surface area contributed by atoms with E-state index in [9.17, 15) is 9.59 Å². The van der Waals surface area contributed by atoms with Gasteiger partial charge in [0.2, 0.25) is 11.8 Å². The van der Waals surface area contributed by atoms with E-state index in [0.717, 1.165) is 51.9 Å². The molecule has 0 atom stereocenters. The lowest BCUT2D eigenvalue weighted by molar-refractivity contribution is -0.154. The second-order valence-corrected chi connectivity index (χ2v) is 6.60. The minimum absolute atomic E-state index is 0.00798. The summed E-state index contributed by atoms with van der Waals surface area (Å²) < 4.78 is 0. The van der Waals surface area contributed by atoms with Crippen molar-refractivity contribution in [3.8, 4) is 0 Å². The van der Waals surface area contributed by atoms with Gasteiger partial charge in [0.05, 0.1) is 0 Å². The molecule has 2 aliphatic heterocycles. The van der Waals surface area contributed by atoms with Gasteiger partial charge in [-0.2, -0.15) is 0 Å². The first kappa shape index (κ1) is 14.4. The van der Waals surface area contributed by atoms with Crippen molar-refractivity contribution in [1.82, 2.24) is 9.80 Å². The number of carbonyl (C=O) groups excluding carboxylic acids is 2. The molecular formula is C15H26N2O2. The van der Waals surface area contributed by atoms with Crippen LogP contribution in [0.3, 0.4) is 0 Å². The standard InChI is InChI=1S/C15H26N2O2/c1-12-6-10-17(11-7-12)14(19)15(2,3)13(18)16-8-4-5-9-16/h12H,4-11H2,1-3H3. The number of nitrogens with zero attached hydrogens (tertiary/aromatic N) is 2. The number of hydrogen-bond acceptors (Lipinski definition) is 2.